The predicted octanol–water partition coefficient (Wildman–Crippen LogP) is 3.92. The lowest BCUT2D eigenvalue weighted by atomic mass is 10.00. The molecule has 0 aliphatic rings. The maximum Gasteiger partial charge on any atom is 0.166 e. The summed E-state index contributed by atoms with van der Waals surface area (Å²) in [5, 5.41) is 1.19. The van der Waals surface area contributed by atoms with Crippen LogP contribution in [-0.2, 0) is 6.42 Å². The molecule has 0 saturated carbocycles. The van der Waals surface area contributed by atoms with E-state index in [9.17, 15) is 4.79 Å². The van der Waals surface area contributed by atoms with Gasteiger partial charge in [-0.2, -0.15) is 0 Å². The van der Waals surface area contributed by atoms with Crippen molar-refractivity contribution >= 4 is 16.7 Å². The minimum absolute atomic E-state index is 0.119. The molecule has 0 amide bonds. The topological polar surface area (TPSA) is 45.3 Å². The van der Waals surface area contributed by atoms with E-state index < -0.39 is 0 Å². The molecule has 130 valence electrons. The molecule has 2 aromatic carbocycles. The molecule has 4 heteroatoms. The van der Waals surface area contributed by atoms with E-state index in [-0.39, 0.29) is 5.78 Å². The monoisotopic (exact) mass is 336 g/mol. The molecule has 1 heterocycles. The second-order valence-corrected chi connectivity index (χ2v) is 6.43. The molecule has 3 aromatic rings. The number of fused-ring (bicyclic) bond motifs is 1. The summed E-state index contributed by atoms with van der Waals surface area (Å²) in [7, 11) is 4.00. The summed E-state index contributed by atoms with van der Waals surface area (Å²) in [4.78, 5) is 18.0. The fourth-order valence-electron chi connectivity index (χ4n) is 2.91. The van der Waals surface area contributed by atoms with Crippen LogP contribution in [0.4, 0.5) is 0 Å². The normalized spacial score (nSPS) is 11.2. The van der Waals surface area contributed by atoms with Crippen LogP contribution in [0.3, 0.4) is 0 Å². The van der Waals surface area contributed by atoms with Crippen molar-refractivity contribution in [2.75, 3.05) is 27.2 Å². The first-order valence-corrected chi connectivity index (χ1v) is 8.60. The van der Waals surface area contributed by atoms with Gasteiger partial charge in [0.15, 0.2) is 5.78 Å². The van der Waals surface area contributed by atoms with Crippen LogP contribution in [-0.4, -0.2) is 42.9 Å². The van der Waals surface area contributed by atoms with Crippen LogP contribution in [0.5, 0.6) is 5.75 Å². The Hall–Kier alpha value is -2.59. The second-order valence-electron chi connectivity index (χ2n) is 6.43. The van der Waals surface area contributed by atoms with Crippen molar-refractivity contribution in [2.45, 2.75) is 12.8 Å². The van der Waals surface area contributed by atoms with Gasteiger partial charge in [-0.15, -0.1) is 0 Å². The molecule has 0 unspecified atom stereocenters. The van der Waals surface area contributed by atoms with Crippen molar-refractivity contribution in [2.24, 2.45) is 0 Å². The molecule has 0 atom stereocenters. The van der Waals surface area contributed by atoms with E-state index in [1.54, 1.807) is 0 Å². The Bertz CT molecular complexity index is 852. The zero-order chi connectivity index (χ0) is 17.6. The summed E-state index contributed by atoms with van der Waals surface area (Å²) in [5.74, 6) is 0.794. The summed E-state index contributed by atoms with van der Waals surface area (Å²) >= 11 is 0. The molecule has 4 nitrogen and oxygen atoms in total. The maximum absolute atomic E-state index is 12.7. The standard InChI is InChI=1S/C21H24N2O2/c1-23(2)14-15-25-21-9-4-3-7-18(21)20(24)11-10-16-6-5-8-19-17(16)12-13-22-19/h3-9,12-13,22H,10-11,14-15H2,1-2H3. The summed E-state index contributed by atoms with van der Waals surface area (Å²) in [6, 6.07) is 15.7. The van der Waals surface area contributed by atoms with Gasteiger partial charge in [0.25, 0.3) is 0 Å². The number of ketones is 1. The number of nitrogens with one attached hydrogen (secondary N) is 1. The molecule has 0 aliphatic carbocycles. The predicted molar refractivity (Wildman–Crippen MR) is 101 cm³/mol. The minimum atomic E-state index is 0.119. The molecular formula is C21H24N2O2. The van der Waals surface area contributed by atoms with E-state index >= 15 is 0 Å². The van der Waals surface area contributed by atoms with Crippen molar-refractivity contribution in [3.8, 4) is 5.75 Å². The van der Waals surface area contributed by atoms with Crippen LogP contribution in [0, 0.1) is 0 Å². The van der Waals surface area contributed by atoms with Gasteiger partial charge in [0.2, 0.25) is 0 Å². The molecule has 1 aromatic heterocycles. The lowest BCUT2D eigenvalue weighted by Gasteiger charge is -2.13. The first-order chi connectivity index (χ1) is 12.1. The number of carbonyl (C=O) groups is 1. The van der Waals surface area contributed by atoms with E-state index in [1.807, 2.05) is 50.6 Å². The first-order valence-electron chi connectivity index (χ1n) is 8.60. The second kappa shape index (κ2) is 7.99. The van der Waals surface area contributed by atoms with Gasteiger partial charge in [-0.05, 0) is 50.3 Å². The van der Waals surface area contributed by atoms with Crippen molar-refractivity contribution in [1.29, 1.82) is 0 Å². The zero-order valence-corrected chi connectivity index (χ0v) is 14.8. The molecular weight excluding hydrogens is 312 g/mol. The Morgan fingerprint density at radius 1 is 1.08 bits per heavy atom. The molecule has 1 N–H and O–H groups in total. The summed E-state index contributed by atoms with van der Waals surface area (Å²) in [5.41, 5.74) is 2.97. The smallest absolute Gasteiger partial charge is 0.166 e. The van der Waals surface area contributed by atoms with E-state index in [0.29, 0.717) is 24.3 Å². The average molecular weight is 336 g/mol. The number of rotatable bonds is 8. The summed E-state index contributed by atoms with van der Waals surface area (Å²) in [6.07, 6.45) is 3.13. The van der Waals surface area contributed by atoms with Gasteiger partial charge in [0.1, 0.15) is 12.4 Å². The van der Waals surface area contributed by atoms with E-state index in [4.69, 9.17) is 4.74 Å². The largest absolute Gasteiger partial charge is 0.491 e. The molecule has 3 rings (SSSR count). The number of para-hydroxylation sites is 1. The lowest BCUT2D eigenvalue weighted by Crippen LogP contribution is -2.20. The van der Waals surface area contributed by atoms with E-state index in [0.717, 1.165) is 18.5 Å². The van der Waals surface area contributed by atoms with Crippen LogP contribution in [0.15, 0.2) is 54.7 Å². The molecule has 0 radical (unpaired) electrons. The maximum atomic E-state index is 12.7. The van der Waals surface area contributed by atoms with Gasteiger partial charge in [0, 0.05) is 30.1 Å². The third-order valence-electron chi connectivity index (χ3n) is 4.29. The first kappa shape index (κ1) is 17.2. The Morgan fingerprint density at radius 3 is 2.76 bits per heavy atom. The van der Waals surface area contributed by atoms with Crippen LogP contribution >= 0.6 is 0 Å². The fourth-order valence-corrected chi connectivity index (χ4v) is 2.91. The average Bonchev–Trinajstić information content (AvgIpc) is 3.09. The van der Waals surface area contributed by atoms with Gasteiger partial charge >= 0.3 is 0 Å². The number of H-pyrrole nitrogens is 1. The Balaban J connectivity index is 1.68. The number of hydrogen-bond donors (Lipinski definition) is 1. The SMILES string of the molecule is CN(C)CCOc1ccccc1C(=O)CCc1cccc2[nH]ccc12. The van der Waals surface area contributed by atoms with Crippen LogP contribution in [0.1, 0.15) is 22.3 Å². The molecule has 25 heavy (non-hydrogen) atoms. The number of hydrogen-bond acceptors (Lipinski definition) is 3. The molecule has 0 spiro atoms. The van der Waals surface area contributed by atoms with E-state index in [2.05, 4.69) is 28.1 Å². The van der Waals surface area contributed by atoms with Crippen LogP contribution in [0.2, 0.25) is 0 Å². The molecule has 0 aliphatic heterocycles. The van der Waals surface area contributed by atoms with Crippen molar-refractivity contribution in [3.63, 3.8) is 0 Å². The highest BCUT2D eigenvalue weighted by molar-refractivity contribution is 5.99. The van der Waals surface area contributed by atoms with Crippen LogP contribution < -0.4 is 4.74 Å². The number of aryl methyl sites for hydroxylation is 1. The van der Waals surface area contributed by atoms with Gasteiger partial charge in [-0.1, -0.05) is 24.3 Å². The lowest BCUT2D eigenvalue weighted by molar-refractivity contribution is 0.0978. The van der Waals surface area contributed by atoms with Crippen molar-refractivity contribution < 1.29 is 9.53 Å². The number of aromatic nitrogens is 1. The third kappa shape index (κ3) is 4.28. The quantitative estimate of drug-likeness (QED) is 0.634. The highest BCUT2D eigenvalue weighted by Gasteiger charge is 2.13. The number of carbonyl (C=O) groups excluding carboxylic acids is 1. The van der Waals surface area contributed by atoms with Gasteiger partial charge in [0.05, 0.1) is 5.56 Å². The number of aromatic amines is 1. The zero-order valence-electron chi connectivity index (χ0n) is 14.8. The minimum Gasteiger partial charge on any atom is -0.491 e. The number of ether oxygens (including phenoxy) is 1. The number of benzene rings is 2. The highest BCUT2D eigenvalue weighted by atomic mass is 16.5. The van der Waals surface area contributed by atoms with E-state index in [1.165, 1.54) is 10.9 Å². The van der Waals surface area contributed by atoms with Crippen molar-refractivity contribution in [1.82, 2.24) is 9.88 Å². The molecule has 0 bridgehead atoms. The van der Waals surface area contributed by atoms with Gasteiger partial charge < -0.3 is 14.6 Å². The fraction of sp³-hybridized carbons (Fsp3) is 0.286. The molecule has 0 saturated heterocycles. The number of Topliss-reactive ketones (excluding diaryl/α,β-unsaturated/α-hetero) is 1. The third-order valence-corrected chi connectivity index (χ3v) is 4.29. The van der Waals surface area contributed by atoms with Gasteiger partial charge in [-0.25, -0.2) is 0 Å². The Kier molecular flexibility index (Phi) is 5.51. The Morgan fingerprint density at radius 2 is 1.92 bits per heavy atom. The summed E-state index contributed by atoms with van der Waals surface area (Å²) in [6.45, 7) is 1.39. The highest BCUT2D eigenvalue weighted by Crippen LogP contribution is 2.23. The Labute approximate surface area is 148 Å². The van der Waals surface area contributed by atoms with Crippen molar-refractivity contribution in [3.05, 3.63) is 65.9 Å². The van der Waals surface area contributed by atoms with Crippen LogP contribution in [0.25, 0.3) is 10.9 Å². The summed E-state index contributed by atoms with van der Waals surface area (Å²) < 4.78 is 5.81. The van der Waals surface area contributed by atoms with Gasteiger partial charge in [-0.3, -0.25) is 4.79 Å². The molecule has 0 fully saturated rings. The number of likely N-dealkylation sites (N-methyl/N-ethyl adjacent to an activating group) is 1. The number of nitrogens with zero attached hydrogens (tertiary/aromatic N) is 1.